The van der Waals surface area contributed by atoms with E-state index in [1.165, 1.54) is 35.1 Å². The molecule has 6 nitrogen and oxygen atoms in total. The largest absolute Gasteiger partial charge is 0.573 e. The Hall–Kier alpha value is -3.11. The van der Waals surface area contributed by atoms with Crippen LogP contribution in [0.1, 0.15) is 24.0 Å². The van der Waals surface area contributed by atoms with Crippen molar-refractivity contribution in [2.75, 3.05) is 26.2 Å². The number of benzene rings is 2. The molecule has 1 aliphatic carbocycles. The van der Waals surface area contributed by atoms with E-state index in [9.17, 15) is 18.0 Å². The van der Waals surface area contributed by atoms with Gasteiger partial charge >= 0.3 is 12.5 Å². The number of alkyl halides is 3. The molecule has 3 atom stereocenters. The fourth-order valence-electron chi connectivity index (χ4n) is 5.36. The van der Waals surface area contributed by atoms with E-state index in [0.717, 1.165) is 19.6 Å². The molecular weight excluding hydrogens is 503 g/mol. The Bertz CT molecular complexity index is 1180. The van der Waals surface area contributed by atoms with Gasteiger partial charge in [0.1, 0.15) is 5.75 Å². The molecule has 2 heterocycles. The number of aromatic nitrogens is 1. The molecule has 2 fully saturated rings. The minimum atomic E-state index is -4.78. The summed E-state index contributed by atoms with van der Waals surface area (Å²) < 4.78 is 47.5. The number of carbonyl (C=O) groups excluding carboxylic acids is 1. The maximum Gasteiger partial charge on any atom is 0.573 e. The number of piperidine rings is 1. The van der Waals surface area contributed by atoms with Crippen LogP contribution in [0.15, 0.2) is 65.5 Å². The van der Waals surface area contributed by atoms with Gasteiger partial charge in [0.2, 0.25) is 5.88 Å². The third-order valence-electron chi connectivity index (χ3n) is 7.14. The average molecular weight is 532 g/mol. The van der Waals surface area contributed by atoms with Crippen LogP contribution in [-0.4, -0.2) is 53.4 Å². The van der Waals surface area contributed by atoms with Crippen molar-refractivity contribution in [1.29, 1.82) is 0 Å². The highest BCUT2D eigenvalue weighted by Gasteiger charge is 2.56. The van der Waals surface area contributed by atoms with Crippen LogP contribution in [-0.2, 0) is 6.54 Å². The number of nitrogens with zero attached hydrogens (tertiary/aromatic N) is 3. The topological polar surface area (TPSA) is 54.9 Å². The predicted molar refractivity (Wildman–Crippen MR) is 133 cm³/mol. The summed E-state index contributed by atoms with van der Waals surface area (Å²) >= 11 is 1.31. The minimum absolute atomic E-state index is 0.114. The number of hydrogen-bond acceptors (Lipinski definition) is 6. The number of likely N-dealkylation sites (tertiary alicyclic amines) is 1. The second-order valence-electron chi connectivity index (χ2n) is 9.79. The highest BCUT2D eigenvalue weighted by Crippen LogP contribution is 2.52. The molecule has 37 heavy (non-hydrogen) atoms. The zero-order chi connectivity index (χ0) is 26.0. The molecule has 5 rings (SSSR count). The maximum absolute atomic E-state index is 13.0. The van der Waals surface area contributed by atoms with Gasteiger partial charge in [-0.05, 0) is 46.9 Å². The summed E-state index contributed by atoms with van der Waals surface area (Å²) in [4.78, 5) is 21.1. The van der Waals surface area contributed by atoms with E-state index in [4.69, 9.17) is 4.74 Å². The maximum atomic E-state index is 13.0. The Labute approximate surface area is 217 Å². The number of halogens is 3. The van der Waals surface area contributed by atoms with Gasteiger partial charge in [-0.15, -0.1) is 24.5 Å². The van der Waals surface area contributed by atoms with Crippen LogP contribution < -0.4 is 9.47 Å². The van der Waals surface area contributed by atoms with Gasteiger partial charge in [0.15, 0.2) is 0 Å². The van der Waals surface area contributed by atoms with Gasteiger partial charge in [-0.1, -0.05) is 49.4 Å². The molecular formula is C27H28F3N3O3S. The fourth-order valence-corrected chi connectivity index (χ4v) is 5.81. The number of ether oxygens (including phenoxy) is 2. The number of amides is 1. The highest BCUT2D eigenvalue weighted by atomic mass is 32.1. The quantitative estimate of drug-likeness (QED) is 0.338. The Morgan fingerprint density at radius 2 is 1.92 bits per heavy atom. The van der Waals surface area contributed by atoms with Crippen molar-refractivity contribution in [3.63, 3.8) is 0 Å². The number of thiazole rings is 1. The summed E-state index contributed by atoms with van der Waals surface area (Å²) in [6, 6.07) is 16.2. The summed E-state index contributed by atoms with van der Waals surface area (Å²) in [6.45, 7) is 5.79. The molecule has 0 N–H and O–H groups in total. The van der Waals surface area contributed by atoms with E-state index in [0.29, 0.717) is 35.8 Å². The molecule has 1 aliphatic heterocycles. The predicted octanol–water partition coefficient (Wildman–Crippen LogP) is 6.02. The van der Waals surface area contributed by atoms with E-state index in [1.54, 1.807) is 21.9 Å². The summed E-state index contributed by atoms with van der Waals surface area (Å²) in [5, 5.41) is 1.63. The Balaban J connectivity index is 1.21. The fraction of sp³-hybridized carbons (Fsp3) is 0.407. The van der Waals surface area contributed by atoms with Crippen molar-refractivity contribution in [2.45, 2.75) is 25.7 Å². The minimum Gasteiger partial charge on any atom is -0.406 e. The van der Waals surface area contributed by atoms with Gasteiger partial charge in [-0.25, -0.2) is 9.78 Å². The van der Waals surface area contributed by atoms with Crippen molar-refractivity contribution >= 4 is 17.4 Å². The first kappa shape index (κ1) is 25.5. The van der Waals surface area contributed by atoms with Gasteiger partial charge in [-0.2, -0.15) is 0 Å². The van der Waals surface area contributed by atoms with Crippen molar-refractivity contribution in [3.05, 3.63) is 76.6 Å². The molecule has 2 aliphatic rings. The van der Waals surface area contributed by atoms with Crippen LogP contribution >= 0.6 is 11.3 Å². The molecule has 0 spiro atoms. The number of hydrogen-bond donors (Lipinski definition) is 0. The molecule has 1 saturated heterocycles. The summed E-state index contributed by atoms with van der Waals surface area (Å²) in [7, 11) is 0. The lowest BCUT2D eigenvalue weighted by atomic mass is 10.0. The monoisotopic (exact) mass is 531 g/mol. The molecule has 1 amide bonds. The molecule has 0 radical (unpaired) electrons. The van der Waals surface area contributed by atoms with E-state index in [2.05, 4.69) is 45.8 Å². The van der Waals surface area contributed by atoms with E-state index in [1.807, 2.05) is 6.07 Å². The Morgan fingerprint density at radius 3 is 2.59 bits per heavy atom. The summed E-state index contributed by atoms with van der Waals surface area (Å²) in [5.74, 6) is 1.67. The van der Waals surface area contributed by atoms with Crippen molar-refractivity contribution < 1.29 is 27.4 Å². The lowest BCUT2D eigenvalue weighted by molar-refractivity contribution is -0.274. The second kappa shape index (κ2) is 10.7. The lowest BCUT2D eigenvalue weighted by Gasteiger charge is -2.26. The molecule has 3 aromatic rings. The van der Waals surface area contributed by atoms with Gasteiger partial charge in [-0.3, -0.25) is 0 Å². The molecule has 2 aromatic carbocycles. The Kier molecular flexibility index (Phi) is 7.39. The van der Waals surface area contributed by atoms with Crippen molar-refractivity contribution in [3.8, 4) is 11.6 Å². The SMILES string of the molecule is CC(CN1CC2C(C1)C2CN(Cc1cccc(OC(F)(F)F)c1)C(=O)Oc1cscn1)c1ccccc1. The van der Waals surface area contributed by atoms with E-state index in [-0.39, 0.29) is 18.2 Å². The van der Waals surface area contributed by atoms with Crippen molar-refractivity contribution in [2.24, 2.45) is 17.8 Å². The second-order valence-corrected chi connectivity index (χ2v) is 10.5. The zero-order valence-corrected chi connectivity index (χ0v) is 21.1. The number of carbonyl (C=O) groups is 1. The zero-order valence-electron chi connectivity index (χ0n) is 20.3. The molecule has 1 saturated carbocycles. The van der Waals surface area contributed by atoms with Gasteiger partial charge < -0.3 is 19.3 Å². The van der Waals surface area contributed by atoms with Crippen LogP contribution in [0.25, 0.3) is 0 Å². The standard InChI is InChI=1S/C27H28F3N3O3S/c1-18(20-7-3-2-4-8-20)11-32-13-22-23(14-32)24(22)15-33(26(34)35-25-16-37-17-31-25)12-19-6-5-9-21(10-19)36-27(28,29)30/h2-10,16-18,22-24H,11-15H2,1H3. The van der Waals surface area contributed by atoms with Gasteiger partial charge in [0, 0.05) is 32.7 Å². The molecule has 10 heteroatoms. The molecule has 1 aromatic heterocycles. The lowest BCUT2D eigenvalue weighted by Crippen LogP contribution is -2.37. The van der Waals surface area contributed by atoms with Crippen LogP contribution in [0.2, 0.25) is 0 Å². The first-order valence-corrected chi connectivity index (χ1v) is 13.2. The van der Waals surface area contributed by atoms with E-state index < -0.39 is 12.5 Å². The average Bonchev–Trinajstić information content (AvgIpc) is 3.22. The van der Waals surface area contributed by atoms with Crippen LogP contribution in [0.3, 0.4) is 0 Å². The normalized spacial score (nSPS) is 21.8. The van der Waals surface area contributed by atoms with Crippen LogP contribution in [0, 0.1) is 17.8 Å². The van der Waals surface area contributed by atoms with Crippen LogP contribution in [0.4, 0.5) is 18.0 Å². The number of fused-ring (bicyclic) bond motifs is 1. The molecule has 0 bridgehead atoms. The first-order valence-electron chi connectivity index (χ1n) is 12.2. The smallest absolute Gasteiger partial charge is 0.406 e. The van der Waals surface area contributed by atoms with Crippen LogP contribution in [0.5, 0.6) is 11.6 Å². The summed E-state index contributed by atoms with van der Waals surface area (Å²) in [6.07, 6.45) is -5.34. The number of rotatable bonds is 9. The highest BCUT2D eigenvalue weighted by molar-refractivity contribution is 7.07. The first-order chi connectivity index (χ1) is 17.7. The Morgan fingerprint density at radius 1 is 1.16 bits per heavy atom. The van der Waals surface area contributed by atoms with E-state index >= 15 is 0 Å². The molecule has 3 unspecified atom stereocenters. The summed E-state index contributed by atoms with van der Waals surface area (Å²) in [5.41, 5.74) is 3.43. The third-order valence-corrected chi connectivity index (χ3v) is 7.71. The molecule has 196 valence electrons. The third kappa shape index (κ3) is 6.61. The van der Waals surface area contributed by atoms with Gasteiger partial charge in [0.05, 0.1) is 10.9 Å². The van der Waals surface area contributed by atoms with Gasteiger partial charge in [0.25, 0.3) is 0 Å². The van der Waals surface area contributed by atoms with Crippen molar-refractivity contribution in [1.82, 2.24) is 14.8 Å².